The predicted octanol–water partition coefficient (Wildman–Crippen LogP) is 2.44. The Morgan fingerprint density at radius 2 is 1.67 bits per heavy atom. The standard InChI is InChI=1S/C19H17NO4/c21-16-7-8-17(22)20(16)10-9-15(18(20)19(23)24)14-6-5-12-3-1-2-4-13(12)11-14/h1-6,11,15,18H,7-10H2/p+1/t15-,18-/m0/s1. The summed E-state index contributed by atoms with van der Waals surface area (Å²) in [7, 11) is 0. The van der Waals surface area contributed by atoms with Crippen LogP contribution in [-0.2, 0) is 14.4 Å². The van der Waals surface area contributed by atoms with E-state index >= 15 is 0 Å². The fourth-order valence-electron chi connectivity index (χ4n) is 4.41. The van der Waals surface area contributed by atoms with Crippen molar-refractivity contribution in [2.24, 2.45) is 0 Å². The second-order valence-corrected chi connectivity index (χ2v) is 6.66. The van der Waals surface area contributed by atoms with E-state index in [-0.39, 0.29) is 30.6 Å². The van der Waals surface area contributed by atoms with Crippen LogP contribution in [-0.4, -0.2) is 40.0 Å². The van der Waals surface area contributed by atoms with Crippen LogP contribution in [0.25, 0.3) is 10.8 Å². The number of quaternary nitrogens is 1. The van der Waals surface area contributed by atoms with Gasteiger partial charge in [0.15, 0.2) is 0 Å². The average molecular weight is 324 g/mol. The van der Waals surface area contributed by atoms with Gasteiger partial charge in [-0.1, -0.05) is 42.5 Å². The third-order valence-corrected chi connectivity index (χ3v) is 5.55. The fourth-order valence-corrected chi connectivity index (χ4v) is 4.41. The molecule has 1 N–H and O–H groups in total. The van der Waals surface area contributed by atoms with Crippen LogP contribution in [0.3, 0.4) is 0 Å². The number of hydrogen-bond acceptors (Lipinski definition) is 3. The predicted molar refractivity (Wildman–Crippen MR) is 87.1 cm³/mol. The molecule has 0 aliphatic carbocycles. The summed E-state index contributed by atoms with van der Waals surface area (Å²) >= 11 is 0. The first-order valence-electron chi connectivity index (χ1n) is 8.20. The van der Waals surface area contributed by atoms with Gasteiger partial charge in [-0.2, -0.15) is 4.48 Å². The number of nitrogens with zero attached hydrogens (tertiary/aromatic N) is 1. The van der Waals surface area contributed by atoms with Crippen LogP contribution in [0.4, 0.5) is 0 Å². The van der Waals surface area contributed by atoms with Crippen molar-refractivity contribution in [1.82, 2.24) is 0 Å². The number of imide groups is 1. The molecule has 5 nitrogen and oxygen atoms in total. The van der Waals surface area contributed by atoms with Gasteiger partial charge in [0, 0.05) is 6.42 Å². The Morgan fingerprint density at radius 3 is 2.33 bits per heavy atom. The molecule has 24 heavy (non-hydrogen) atoms. The van der Waals surface area contributed by atoms with E-state index in [9.17, 15) is 19.5 Å². The maximum atomic E-state index is 12.4. The maximum absolute atomic E-state index is 12.4. The van der Waals surface area contributed by atoms with Gasteiger partial charge >= 0.3 is 17.8 Å². The van der Waals surface area contributed by atoms with Gasteiger partial charge in [0.1, 0.15) is 0 Å². The molecule has 1 spiro atoms. The first-order chi connectivity index (χ1) is 11.5. The SMILES string of the molecule is O=C(O)[C@@H]1[C@H](c2ccc3ccccc3c2)CC[N+]12C(=O)CCC2=O. The van der Waals surface area contributed by atoms with Crippen LogP contribution in [0, 0.1) is 0 Å². The van der Waals surface area contributed by atoms with E-state index in [0.717, 1.165) is 16.3 Å². The number of rotatable bonds is 2. The van der Waals surface area contributed by atoms with Crippen LogP contribution >= 0.6 is 0 Å². The van der Waals surface area contributed by atoms with Crippen molar-refractivity contribution in [3.8, 4) is 0 Å². The van der Waals surface area contributed by atoms with Crippen LogP contribution in [0.2, 0.25) is 0 Å². The summed E-state index contributed by atoms with van der Waals surface area (Å²) in [5.41, 5.74) is 0.892. The van der Waals surface area contributed by atoms with E-state index in [2.05, 4.69) is 0 Å². The first-order valence-corrected chi connectivity index (χ1v) is 8.20. The molecule has 0 aromatic heterocycles. The summed E-state index contributed by atoms with van der Waals surface area (Å²) < 4.78 is -0.493. The lowest BCUT2D eigenvalue weighted by Gasteiger charge is -2.29. The van der Waals surface area contributed by atoms with Gasteiger partial charge in [-0.3, -0.25) is 0 Å². The zero-order valence-electron chi connectivity index (χ0n) is 13.1. The molecule has 0 saturated carbocycles. The monoisotopic (exact) mass is 324 g/mol. The Kier molecular flexibility index (Phi) is 3.28. The third-order valence-electron chi connectivity index (χ3n) is 5.55. The smallest absolute Gasteiger partial charge is 0.364 e. The van der Waals surface area contributed by atoms with Crippen LogP contribution in [0.1, 0.15) is 30.7 Å². The highest BCUT2D eigenvalue weighted by Crippen LogP contribution is 2.43. The molecule has 2 aromatic rings. The number of benzene rings is 2. The van der Waals surface area contributed by atoms with E-state index in [0.29, 0.717) is 13.0 Å². The van der Waals surface area contributed by atoms with Crippen LogP contribution < -0.4 is 0 Å². The Hall–Kier alpha value is -2.53. The molecule has 122 valence electrons. The van der Waals surface area contributed by atoms with Crippen molar-refractivity contribution in [2.75, 3.05) is 6.54 Å². The molecule has 2 aliphatic rings. The molecule has 2 atom stereocenters. The zero-order chi connectivity index (χ0) is 16.9. The summed E-state index contributed by atoms with van der Waals surface area (Å²) in [6, 6.07) is 12.8. The quantitative estimate of drug-likeness (QED) is 0.680. The summed E-state index contributed by atoms with van der Waals surface area (Å²) in [6.07, 6.45) is 0.854. The molecule has 2 amide bonds. The number of carboxylic acid groups (broad SMARTS) is 1. The highest BCUT2D eigenvalue weighted by molar-refractivity contribution is 5.95. The number of amides is 2. The minimum Gasteiger partial charge on any atom is -0.477 e. The number of hydrogen-bond donors (Lipinski definition) is 1. The Balaban J connectivity index is 1.81. The second-order valence-electron chi connectivity index (χ2n) is 6.66. The van der Waals surface area contributed by atoms with Gasteiger partial charge < -0.3 is 5.11 Å². The lowest BCUT2D eigenvalue weighted by Crippen LogP contribution is -2.59. The largest absolute Gasteiger partial charge is 0.477 e. The van der Waals surface area contributed by atoms with Crippen molar-refractivity contribution < 1.29 is 24.0 Å². The molecule has 5 heteroatoms. The highest BCUT2D eigenvalue weighted by Gasteiger charge is 2.64. The molecule has 0 unspecified atom stereocenters. The summed E-state index contributed by atoms with van der Waals surface area (Å²) in [5, 5.41) is 11.9. The number of carbonyl (C=O) groups is 3. The molecule has 2 heterocycles. The molecule has 4 rings (SSSR count). The van der Waals surface area contributed by atoms with Crippen molar-refractivity contribution >= 4 is 28.6 Å². The molecule has 2 saturated heterocycles. The summed E-state index contributed by atoms with van der Waals surface area (Å²) in [4.78, 5) is 36.8. The number of fused-ring (bicyclic) bond motifs is 1. The lowest BCUT2D eigenvalue weighted by molar-refractivity contribution is -0.778. The van der Waals surface area contributed by atoms with Gasteiger partial charge in [-0.05, 0) is 16.3 Å². The Morgan fingerprint density at radius 1 is 1.00 bits per heavy atom. The van der Waals surface area contributed by atoms with Gasteiger partial charge in [-0.25, -0.2) is 14.4 Å². The molecular formula is C19H18NO4+. The molecule has 2 aliphatic heterocycles. The highest BCUT2D eigenvalue weighted by atomic mass is 16.4. The van der Waals surface area contributed by atoms with E-state index in [1.54, 1.807) is 0 Å². The van der Waals surface area contributed by atoms with Gasteiger partial charge in [0.25, 0.3) is 0 Å². The van der Waals surface area contributed by atoms with Crippen molar-refractivity contribution in [3.05, 3.63) is 48.0 Å². The number of carbonyl (C=O) groups excluding carboxylic acids is 2. The molecule has 0 radical (unpaired) electrons. The molecule has 0 bridgehead atoms. The maximum Gasteiger partial charge on any atom is 0.364 e. The normalized spacial score (nSPS) is 25.7. The van der Waals surface area contributed by atoms with Crippen molar-refractivity contribution in [3.63, 3.8) is 0 Å². The minimum atomic E-state index is -1.06. The Bertz CT molecular complexity index is 857. The van der Waals surface area contributed by atoms with Gasteiger partial charge in [0.05, 0.1) is 25.3 Å². The van der Waals surface area contributed by atoms with Crippen LogP contribution in [0.5, 0.6) is 0 Å². The zero-order valence-corrected chi connectivity index (χ0v) is 13.1. The third kappa shape index (κ3) is 1.94. The lowest BCUT2D eigenvalue weighted by atomic mass is 9.89. The molecule has 2 aromatic carbocycles. The minimum absolute atomic E-state index is 0.160. The van der Waals surface area contributed by atoms with E-state index in [1.165, 1.54) is 0 Å². The first kappa shape index (κ1) is 15.0. The average Bonchev–Trinajstić information content (AvgIpc) is 3.12. The number of carboxylic acids is 1. The van der Waals surface area contributed by atoms with E-state index < -0.39 is 16.5 Å². The fraction of sp³-hybridized carbons (Fsp3) is 0.316. The summed E-state index contributed by atoms with van der Waals surface area (Å²) in [5.74, 6) is -1.86. The second kappa shape index (κ2) is 5.24. The van der Waals surface area contributed by atoms with Crippen LogP contribution in [0.15, 0.2) is 42.5 Å². The molecule has 2 fully saturated rings. The van der Waals surface area contributed by atoms with Crippen molar-refractivity contribution in [1.29, 1.82) is 0 Å². The summed E-state index contributed by atoms with van der Waals surface area (Å²) in [6.45, 7) is 0.298. The van der Waals surface area contributed by atoms with Gasteiger partial charge in [0.2, 0.25) is 6.04 Å². The topological polar surface area (TPSA) is 71.4 Å². The van der Waals surface area contributed by atoms with Gasteiger partial charge in [-0.15, -0.1) is 0 Å². The Labute approximate surface area is 139 Å². The van der Waals surface area contributed by atoms with E-state index in [1.807, 2.05) is 42.5 Å². The molecular weight excluding hydrogens is 306 g/mol. The van der Waals surface area contributed by atoms with E-state index in [4.69, 9.17) is 0 Å². The van der Waals surface area contributed by atoms with Crippen molar-refractivity contribution in [2.45, 2.75) is 31.2 Å². The number of aliphatic carboxylic acids is 1.